The maximum absolute atomic E-state index is 11.7. The Labute approximate surface area is 88.8 Å². The van der Waals surface area contributed by atoms with Crippen LogP contribution in [0.4, 0.5) is 10.5 Å². The Hall–Kier alpha value is -1.55. The Bertz CT molecular complexity index is 321. The van der Waals surface area contributed by atoms with E-state index in [-0.39, 0.29) is 6.03 Å². The van der Waals surface area contributed by atoms with Crippen molar-refractivity contribution in [2.75, 3.05) is 31.6 Å². The third-order valence-corrected chi connectivity index (χ3v) is 2.26. The van der Waals surface area contributed by atoms with Gasteiger partial charge < -0.3 is 15.0 Å². The van der Waals surface area contributed by atoms with Gasteiger partial charge in [-0.25, -0.2) is 4.79 Å². The van der Waals surface area contributed by atoms with Crippen LogP contribution in [0, 0.1) is 6.07 Å². The number of nitrogens with one attached hydrogen (secondary N) is 1. The van der Waals surface area contributed by atoms with Gasteiger partial charge in [-0.1, -0.05) is 12.1 Å². The molecular weight excluding hydrogens is 192 g/mol. The number of nitrogens with zero attached hydrogens (tertiary/aromatic N) is 1. The van der Waals surface area contributed by atoms with Crippen molar-refractivity contribution in [3.8, 4) is 0 Å². The molecule has 1 fully saturated rings. The minimum absolute atomic E-state index is 0.0714. The number of morpholine rings is 1. The summed E-state index contributed by atoms with van der Waals surface area (Å²) in [6, 6.07) is 10.1. The van der Waals surface area contributed by atoms with Gasteiger partial charge in [0.25, 0.3) is 0 Å². The summed E-state index contributed by atoms with van der Waals surface area (Å²) >= 11 is 0. The first-order valence-corrected chi connectivity index (χ1v) is 4.96. The summed E-state index contributed by atoms with van der Waals surface area (Å²) in [6.45, 7) is 2.55. The standard InChI is InChI=1S/C11H13N2O2/c14-11(13-6-8-15-9-7-13)12-10-4-2-1-3-5-10/h1-2,4-5H,6-9H2,(H,12,14). The molecule has 2 rings (SSSR count). The van der Waals surface area contributed by atoms with Crippen LogP contribution < -0.4 is 5.32 Å². The summed E-state index contributed by atoms with van der Waals surface area (Å²) in [6.07, 6.45) is 0. The Kier molecular flexibility index (Phi) is 3.19. The van der Waals surface area contributed by atoms with Crippen molar-refractivity contribution in [2.24, 2.45) is 0 Å². The summed E-state index contributed by atoms with van der Waals surface area (Å²) < 4.78 is 5.17. The number of urea groups is 1. The van der Waals surface area contributed by atoms with Crippen molar-refractivity contribution in [1.29, 1.82) is 0 Å². The van der Waals surface area contributed by atoms with Crippen molar-refractivity contribution in [1.82, 2.24) is 4.90 Å². The molecule has 0 spiro atoms. The molecule has 1 N–H and O–H groups in total. The summed E-state index contributed by atoms with van der Waals surface area (Å²) in [5.41, 5.74) is 0.772. The number of hydrogen-bond donors (Lipinski definition) is 1. The zero-order valence-electron chi connectivity index (χ0n) is 8.40. The van der Waals surface area contributed by atoms with Gasteiger partial charge in [0.1, 0.15) is 0 Å². The predicted octanol–water partition coefficient (Wildman–Crippen LogP) is 1.35. The Balaban J connectivity index is 1.91. The molecule has 79 valence electrons. The van der Waals surface area contributed by atoms with Gasteiger partial charge in [0.05, 0.1) is 13.2 Å². The molecule has 0 aromatic heterocycles. The molecule has 15 heavy (non-hydrogen) atoms. The van der Waals surface area contributed by atoms with Crippen molar-refractivity contribution < 1.29 is 9.53 Å². The van der Waals surface area contributed by atoms with E-state index >= 15 is 0 Å². The lowest BCUT2D eigenvalue weighted by Gasteiger charge is -2.26. The normalized spacial score (nSPS) is 16.1. The molecule has 1 aliphatic rings. The Morgan fingerprint density at radius 3 is 2.93 bits per heavy atom. The van der Waals surface area contributed by atoms with Crippen LogP contribution in [-0.4, -0.2) is 37.2 Å². The zero-order valence-corrected chi connectivity index (χ0v) is 8.40. The molecule has 0 aliphatic carbocycles. The average Bonchev–Trinajstić information content (AvgIpc) is 2.31. The molecule has 1 saturated heterocycles. The van der Waals surface area contributed by atoms with Crippen LogP contribution in [0.1, 0.15) is 0 Å². The van der Waals surface area contributed by atoms with Crippen LogP contribution in [0.15, 0.2) is 24.3 Å². The molecule has 1 aliphatic heterocycles. The third-order valence-electron chi connectivity index (χ3n) is 2.26. The van der Waals surface area contributed by atoms with E-state index in [9.17, 15) is 4.79 Å². The van der Waals surface area contributed by atoms with Crippen molar-refractivity contribution in [3.05, 3.63) is 30.3 Å². The Morgan fingerprint density at radius 2 is 2.27 bits per heavy atom. The van der Waals surface area contributed by atoms with Gasteiger partial charge in [0.15, 0.2) is 0 Å². The molecule has 0 bridgehead atoms. The van der Waals surface area contributed by atoms with Crippen molar-refractivity contribution in [3.63, 3.8) is 0 Å². The van der Waals surface area contributed by atoms with Crippen LogP contribution in [0.5, 0.6) is 0 Å². The van der Waals surface area contributed by atoms with Gasteiger partial charge in [-0.15, -0.1) is 0 Å². The van der Waals surface area contributed by atoms with E-state index in [2.05, 4.69) is 11.4 Å². The molecule has 0 unspecified atom stereocenters. The van der Waals surface area contributed by atoms with E-state index in [1.807, 2.05) is 12.1 Å². The first kappa shape index (κ1) is 9.98. The molecule has 0 atom stereocenters. The van der Waals surface area contributed by atoms with Gasteiger partial charge in [-0.3, -0.25) is 0 Å². The number of amides is 2. The van der Waals surface area contributed by atoms with Crippen molar-refractivity contribution >= 4 is 11.7 Å². The second-order valence-electron chi connectivity index (χ2n) is 3.32. The lowest BCUT2D eigenvalue weighted by atomic mass is 10.3. The van der Waals surface area contributed by atoms with E-state index in [1.54, 1.807) is 17.0 Å². The van der Waals surface area contributed by atoms with E-state index in [1.165, 1.54) is 0 Å². The smallest absolute Gasteiger partial charge is 0.321 e. The fourth-order valence-corrected chi connectivity index (χ4v) is 1.44. The van der Waals surface area contributed by atoms with Gasteiger partial charge in [-0.2, -0.15) is 0 Å². The maximum atomic E-state index is 11.7. The first-order valence-electron chi connectivity index (χ1n) is 4.96. The lowest BCUT2D eigenvalue weighted by Crippen LogP contribution is -2.43. The maximum Gasteiger partial charge on any atom is 0.321 e. The molecule has 0 saturated carbocycles. The monoisotopic (exact) mass is 205 g/mol. The number of benzene rings is 1. The summed E-state index contributed by atoms with van der Waals surface area (Å²) in [7, 11) is 0. The highest BCUT2D eigenvalue weighted by Crippen LogP contribution is 2.07. The first-order chi connectivity index (χ1) is 7.36. The molecule has 4 nitrogen and oxygen atoms in total. The second kappa shape index (κ2) is 4.79. The van der Waals surface area contributed by atoms with Gasteiger partial charge >= 0.3 is 6.03 Å². The summed E-state index contributed by atoms with van der Waals surface area (Å²) in [5, 5.41) is 2.81. The quantitative estimate of drug-likeness (QED) is 0.752. The van der Waals surface area contributed by atoms with Crippen LogP contribution in [0.3, 0.4) is 0 Å². The predicted molar refractivity (Wildman–Crippen MR) is 56.7 cm³/mol. The highest BCUT2D eigenvalue weighted by atomic mass is 16.5. The van der Waals surface area contributed by atoms with Crippen LogP contribution >= 0.6 is 0 Å². The highest BCUT2D eigenvalue weighted by molar-refractivity contribution is 5.89. The SMILES string of the molecule is O=C(Nc1c[c]ccc1)N1CCOCC1. The lowest BCUT2D eigenvalue weighted by molar-refractivity contribution is 0.0564. The molecule has 1 radical (unpaired) electrons. The van der Waals surface area contributed by atoms with Gasteiger partial charge in [0.2, 0.25) is 0 Å². The molecule has 2 amide bonds. The second-order valence-corrected chi connectivity index (χ2v) is 3.32. The number of hydrogen-bond acceptors (Lipinski definition) is 2. The topological polar surface area (TPSA) is 41.6 Å². The van der Waals surface area contributed by atoms with Crippen LogP contribution in [0.2, 0.25) is 0 Å². The minimum atomic E-state index is -0.0714. The van der Waals surface area contributed by atoms with E-state index in [4.69, 9.17) is 4.74 Å². The van der Waals surface area contributed by atoms with Gasteiger partial charge in [0, 0.05) is 18.8 Å². The number of ether oxygens (including phenoxy) is 1. The third kappa shape index (κ3) is 2.70. The zero-order chi connectivity index (χ0) is 10.5. The van der Waals surface area contributed by atoms with E-state index in [0.717, 1.165) is 5.69 Å². The molecule has 4 heteroatoms. The summed E-state index contributed by atoms with van der Waals surface area (Å²) in [4.78, 5) is 13.5. The largest absolute Gasteiger partial charge is 0.378 e. The highest BCUT2D eigenvalue weighted by Gasteiger charge is 2.16. The van der Waals surface area contributed by atoms with Crippen molar-refractivity contribution in [2.45, 2.75) is 0 Å². The fourth-order valence-electron chi connectivity index (χ4n) is 1.44. The molecule has 1 heterocycles. The molecule has 1 aromatic carbocycles. The van der Waals surface area contributed by atoms with Crippen LogP contribution in [0.25, 0.3) is 0 Å². The fraction of sp³-hybridized carbons (Fsp3) is 0.364. The summed E-state index contributed by atoms with van der Waals surface area (Å²) in [5.74, 6) is 0. The van der Waals surface area contributed by atoms with Crippen LogP contribution in [-0.2, 0) is 4.74 Å². The van der Waals surface area contributed by atoms with Gasteiger partial charge in [-0.05, 0) is 18.2 Å². The molecular formula is C11H13N2O2. The number of rotatable bonds is 1. The molecule has 1 aromatic rings. The van der Waals surface area contributed by atoms with E-state index in [0.29, 0.717) is 26.3 Å². The minimum Gasteiger partial charge on any atom is -0.378 e. The number of anilines is 1. The average molecular weight is 205 g/mol. The number of carbonyl (C=O) groups excluding carboxylic acids is 1. The Morgan fingerprint density at radius 1 is 1.47 bits per heavy atom. The van der Waals surface area contributed by atoms with E-state index < -0.39 is 0 Å². The number of carbonyl (C=O) groups is 1.